The number of aromatic nitrogens is 2. The molecule has 6 rings (SSSR count). The van der Waals surface area contributed by atoms with E-state index in [1.54, 1.807) is 6.92 Å². The van der Waals surface area contributed by atoms with Gasteiger partial charge in [0.05, 0.1) is 23.9 Å². The van der Waals surface area contributed by atoms with Crippen LogP contribution in [0.2, 0.25) is 0 Å². The number of hydrogen-bond donors (Lipinski definition) is 4. The number of phenols is 2. The number of unbranched alkanes of at least 4 members (excludes halogenated alkanes) is 1. The first-order valence-electron chi connectivity index (χ1n) is 19.2. The lowest BCUT2D eigenvalue weighted by atomic mass is 10.1. The van der Waals surface area contributed by atoms with Gasteiger partial charge in [-0.2, -0.15) is 0 Å². The quantitative estimate of drug-likeness (QED) is 0.0758. The first-order valence-corrected chi connectivity index (χ1v) is 19.2. The molecule has 2 amide bonds. The Balaban J connectivity index is 0.000000234. The molecule has 18 heteroatoms. The van der Waals surface area contributed by atoms with Crippen molar-refractivity contribution >= 4 is 45.4 Å². The Kier molecular flexibility index (Phi) is 14.1. The first kappa shape index (κ1) is 46.3. The predicted molar refractivity (Wildman–Crippen MR) is 212 cm³/mol. The molecule has 6 aromatic rings. The number of phenolic OH excluding ortho intramolecular Hbond substituents is 2. The molecule has 328 valence electrons. The Morgan fingerprint density at radius 3 is 1.42 bits per heavy atom. The molecule has 0 spiro atoms. The third kappa shape index (κ3) is 9.13. The van der Waals surface area contributed by atoms with Crippen molar-refractivity contribution < 1.29 is 64.5 Å². The zero-order valence-corrected chi connectivity index (χ0v) is 33.9. The number of rotatable bonds is 11. The lowest BCUT2D eigenvalue weighted by Crippen LogP contribution is -2.33. The van der Waals surface area contributed by atoms with Gasteiger partial charge >= 0.3 is 0 Å². The molecule has 62 heavy (non-hydrogen) atoms. The topological polar surface area (TPSA) is 143 Å². The van der Waals surface area contributed by atoms with Crippen LogP contribution in [0.15, 0.2) is 48.5 Å². The van der Waals surface area contributed by atoms with Crippen molar-refractivity contribution in [1.29, 1.82) is 0 Å². The van der Waals surface area contributed by atoms with Crippen molar-refractivity contribution in [3.8, 4) is 11.5 Å². The van der Waals surface area contributed by atoms with E-state index in [4.69, 9.17) is 0 Å². The molecule has 0 aliphatic carbocycles. The van der Waals surface area contributed by atoms with Crippen LogP contribution in [0.25, 0.3) is 21.8 Å². The van der Waals surface area contributed by atoms with Crippen molar-refractivity contribution in [2.45, 2.75) is 72.8 Å². The summed E-state index contributed by atoms with van der Waals surface area (Å²) in [5.41, 5.74) is -0.641. The molecular formula is C44H40F8N4O6. The van der Waals surface area contributed by atoms with Gasteiger partial charge in [0.25, 0.3) is 11.8 Å². The van der Waals surface area contributed by atoms with Crippen molar-refractivity contribution in [3.05, 3.63) is 129 Å². The smallest absolute Gasteiger partial charge is 0.262 e. The van der Waals surface area contributed by atoms with Crippen molar-refractivity contribution in [2.24, 2.45) is 0 Å². The molecule has 10 nitrogen and oxygen atoms in total. The summed E-state index contributed by atoms with van der Waals surface area (Å²) in [6, 6.07) is 6.31. The maximum atomic E-state index is 14.8. The summed E-state index contributed by atoms with van der Waals surface area (Å²) in [4.78, 5) is 50.8. The van der Waals surface area contributed by atoms with Crippen LogP contribution in [0.3, 0.4) is 0 Å². The highest BCUT2D eigenvalue weighted by molar-refractivity contribution is 6.06. The maximum Gasteiger partial charge on any atom is 0.262 e. The van der Waals surface area contributed by atoms with E-state index in [1.165, 1.54) is 13.8 Å². The molecule has 0 bridgehead atoms. The fraction of sp³-hybridized carbons (Fsp3) is 0.273. The van der Waals surface area contributed by atoms with Crippen LogP contribution < -0.4 is 10.6 Å². The van der Waals surface area contributed by atoms with Gasteiger partial charge in [-0.25, -0.2) is 35.1 Å². The van der Waals surface area contributed by atoms with Crippen LogP contribution in [-0.4, -0.2) is 55.6 Å². The number of amides is 2. The third-order valence-electron chi connectivity index (χ3n) is 10.3. The fourth-order valence-corrected chi connectivity index (χ4v) is 6.80. The fourth-order valence-electron chi connectivity index (χ4n) is 6.80. The van der Waals surface area contributed by atoms with E-state index in [2.05, 4.69) is 10.6 Å². The van der Waals surface area contributed by atoms with Crippen molar-refractivity contribution in [1.82, 2.24) is 19.8 Å². The predicted octanol–water partition coefficient (Wildman–Crippen LogP) is 8.72. The van der Waals surface area contributed by atoms with Crippen molar-refractivity contribution in [3.63, 3.8) is 0 Å². The average Bonchev–Trinajstić information content (AvgIpc) is 3.65. The first-order chi connectivity index (χ1) is 29.2. The number of nitrogens with one attached hydrogen (secondary N) is 2. The summed E-state index contributed by atoms with van der Waals surface area (Å²) in [6.07, 6.45) is 1.57. The SMILES string of the molecule is CCC(C)NC(=O)Cc1c(C)n(C(=O)c2ccc(F)c(F)c2)c2cc(F)c(O)c(F)c12.CCCCNC(=O)Cc1c(C)n(C(=O)c2ccc(F)c(F)c2)c2cc(F)c(O)c(F)c12. The lowest BCUT2D eigenvalue weighted by molar-refractivity contribution is -0.121. The molecule has 0 fully saturated rings. The molecule has 2 aromatic heterocycles. The minimum absolute atomic E-state index is 0.0690. The van der Waals surface area contributed by atoms with Gasteiger partial charge in [-0.15, -0.1) is 0 Å². The molecule has 0 saturated heterocycles. The minimum Gasteiger partial charge on any atom is -0.503 e. The second-order valence-electron chi connectivity index (χ2n) is 14.4. The maximum absolute atomic E-state index is 14.8. The van der Waals surface area contributed by atoms with E-state index in [0.29, 0.717) is 25.1 Å². The standard InChI is InChI=1S/2C22H20F4N2O3/c1-4-10(2)27-18(29)8-13-11(3)28(17-9-16(25)21(30)20(26)19(13)17)22(31)12-5-6-14(23)15(24)7-12;1-3-4-7-27-18(29)9-13-11(2)28(17-10-16(25)21(30)20(26)19(13)17)22(31)12-5-6-14(23)15(24)8-12/h5-7,9-10,30H,4,8H2,1-3H3,(H,27,29);5-6,8,10,30H,3-4,7,9H2,1-2H3,(H,27,29). The second kappa shape index (κ2) is 18.9. The van der Waals surface area contributed by atoms with E-state index in [1.807, 2.05) is 13.8 Å². The van der Waals surface area contributed by atoms with Crippen LogP contribution in [0.1, 0.15) is 83.3 Å². The molecule has 0 saturated carbocycles. The van der Waals surface area contributed by atoms with Gasteiger partial charge in [0, 0.05) is 58.0 Å². The Hall–Kier alpha value is -6.72. The van der Waals surface area contributed by atoms with Gasteiger partial charge in [-0.3, -0.25) is 28.3 Å². The van der Waals surface area contributed by atoms with E-state index in [0.717, 1.165) is 58.4 Å². The molecule has 0 radical (unpaired) electrons. The van der Waals surface area contributed by atoms with Crippen LogP contribution >= 0.6 is 0 Å². The Bertz CT molecular complexity index is 2760. The zero-order valence-electron chi connectivity index (χ0n) is 33.9. The summed E-state index contributed by atoms with van der Waals surface area (Å²) >= 11 is 0. The summed E-state index contributed by atoms with van der Waals surface area (Å²) in [5.74, 6) is -15.2. The lowest BCUT2D eigenvalue weighted by Gasteiger charge is -2.12. The number of nitrogens with zero attached hydrogens (tertiary/aromatic N) is 2. The Labute approximate surface area is 348 Å². The van der Waals surface area contributed by atoms with Crippen LogP contribution in [0.4, 0.5) is 35.1 Å². The second-order valence-corrected chi connectivity index (χ2v) is 14.4. The number of carbonyl (C=O) groups excluding carboxylic acids is 4. The monoisotopic (exact) mass is 872 g/mol. The molecule has 1 atom stereocenters. The largest absolute Gasteiger partial charge is 0.503 e. The summed E-state index contributed by atoms with van der Waals surface area (Å²) < 4.78 is 113. The zero-order chi connectivity index (χ0) is 45.9. The van der Waals surface area contributed by atoms with Crippen LogP contribution in [-0.2, 0) is 22.4 Å². The van der Waals surface area contributed by atoms with Gasteiger partial charge in [0.2, 0.25) is 11.8 Å². The molecule has 2 heterocycles. The van der Waals surface area contributed by atoms with Gasteiger partial charge in [0.1, 0.15) is 0 Å². The van der Waals surface area contributed by atoms with Crippen molar-refractivity contribution in [2.75, 3.05) is 6.54 Å². The van der Waals surface area contributed by atoms with Gasteiger partial charge in [-0.05, 0) is 81.1 Å². The van der Waals surface area contributed by atoms with E-state index in [9.17, 15) is 64.5 Å². The molecule has 4 aromatic carbocycles. The highest BCUT2D eigenvalue weighted by Gasteiger charge is 2.29. The summed E-state index contributed by atoms with van der Waals surface area (Å²) in [6.45, 7) is 8.83. The van der Waals surface area contributed by atoms with Crippen LogP contribution in [0, 0.1) is 60.4 Å². The Morgan fingerprint density at radius 1 is 0.613 bits per heavy atom. The third-order valence-corrected chi connectivity index (χ3v) is 10.3. The Morgan fingerprint density at radius 2 is 1.03 bits per heavy atom. The normalized spacial score (nSPS) is 11.7. The molecule has 0 aliphatic rings. The van der Waals surface area contributed by atoms with E-state index in [-0.39, 0.29) is 74.3 Å². The molecule has 1 unspecified atom stereocenters. The minimum atomic E-state index is -1.32. The van der Waals surface area contributed by atoms with E-state index < -0.39 is 81.7 Å². The van der Waals surface area contributed by atoms with Gasteiger partial charge in [0.15, 0.2) is 58.0 Å². The molecule has 0 aliphatic heterocycles. The van der Waals surface area contributed by atoms with Crippen LogP contribution in [0.5, 0.6) is 11.5 Å². The highest BCUT2D eigenvalue weighted by Crippen LogP contribution is 2.37. The van der Waals surface area contributed by atoms with E-state index >= 15 is 0 Å². The van der Waals surface area contributed by atoms with Gasteiger partial charge < -0.3 is 20.8 Å². The highest BCUT2D eigenvalue weighted by atomic mass is 19.2. The summed E-state index contributed by atoms with van der Waals surface area (Å²) in [7, 11) is 0. The number of aromatic hydroxyl groups is 2. The molecule has 4 N–H and O–H groups in total. The summed E-state index contributed by atoms with van der Waals surface area (Å²) in [5, 5.41) is 24.2. The number of carbonyl (C=O) groups is 4. The number of benzene rings is 4. The number of fused-ring (bicyclic) bond motifs is 2. The molecular weight excluding hydrogens is 832 g/mol. The number of halogens is 8. The average molecular weight is 873 g/mol. The van der Waals surface area contributed by atoms with Gasteiger partial charge in [-0.1, -0.05) is 20.3 Å². The number of hydrogen-bond acceptors (Lipinski definition) is 6.